The predicted molar refractivity (Wildman–Crippen MR) is 92.4 cm³/mol. The third kappa shape index (κ3) is 5.21. The molecular weight excluding hydrogens is 328 g/mol. The molecule has 0 aliphatic rings. The number of carbonyl (C=O) groups excluding carboxylic acids is 1. The highest BCUT2D eigenvalue weighted by molar-refractivity contribution is 7.89. The number of carbonyl (C=O) groups is 1. The van der Waals surface area contributed by atoms with Gasteiger partial charge in [0.1, 0.15) is 0 Å². The minimum atomic E-state index is -3.52. The molecule has 1 heterocycles. The maximum absolute atomic E-state index is 12.2. The summed E-state index contributed by atoms with van der Waals surface area (Å²) in [7, 11) is -3.52. The maximum Gasteiger partial charge on any atom is 0.291 e. The smallest absolute Gasteiger partial charge is 0.291 e. The van der Waals surface area contributed by atoms with Gasteiger partial charge in [0.15, 0.2) is 5.76 Å². The van der Waals surface area contributed by atoms with Gasteiger partial charge in [-0.25, -0.2) is 13.1 Å². The Labute approximate surface area is 142 Å². The highest BCUT2D eigenvalue weighted by Crippen LogP contribution is 2.15. The van der Waals surface area contributed by atoms with Crippen molar-refractivity contribution in [1.29, 1.82) is 0 Å². The average molecular weight is 350 g/mol. The van der Waals surface area contributed by atoms with Crippen LogP contribution in [0.2, 0.25) is 0 Å². The van der Waals surface area contributed by atoms with Crippen LogP contribution in [0.5, 0.6) is 0 Å². The Bertz CT molecular complexity index is 737. The standard InChI is InChI=1S/C17H22N2O4S/c1-2-3-4-5-12-18-24(21,22)15-10-8-14(9-11-15)19-17(20)16-7-6-13-23-16/h6-11,13,18H,2-5,12H2,1H3,(H,19,20). The second-order valence-corrected chi connectivity index (χ2v) is 7.18. The molecule has 24 heavy (non-hydrogen) atoms. The van der Waals surface area contributed by atoms with Crippen LogP contribution in [0.1, 0.15) is 43.2 Å². The fraction of sp³-hybridized carbons (Fsp3) is 0.353. The largest absolute Gasteiger partial charge is 0.459 e. The summed E-state index contributed by atoms with van der Waals surface area (Å²) in [6.07, 6.45) is 5.46. The molecule has 0 fully saturated rings. The summed E-state index contributed by atoms with van der Waals surface area (Å²) in [6.45, 7) is 2.54. The van der Waals surface area contributed by atoms with Gasteiger partial charge in [0.2, 0.25) is 10.0 Å². The number of unbranched alkanes of at least 4 members (excludes halogenated alkanes) is 3. The van der Waals surface area contributed by atoms with Gasteiger partial charge in [0, 0.05) is 12.2 Å². The summed E-state index contributed by atoms with van der Waals surface area (Å²) in [6, 6.07) is 9.20. The van der Waals surface area contributed by atoms with Crippen molar-refractivity contribution in [3.05, 3.63) is 48.4 Å². The fourth-order valence-electron chi connectivity index (χ4n) is 2.16. The lowest BCUT2D eigenvalue weighted by Gasteiger charge is -2.08. The summed E-state index contributed by atoms with van der Waals surface area (Å²) < 4.78 is 31.9. The Morgan fingerprint density at radius 2 is 1.83 bits per heavy atom. The molecule has 7 heteroatoms. The Kier molecular flexibility index (Phi) is 6.57. The van der Waals surface area contributed by atoms with Crippen LogP contribution in [0.4, 0.5) is 5.69 Å². The van der Waals surface area contributed by atoms with Crippen LogP contribution in [-0.2, 0) is 10.0 Å². The predicted octanol–water partition coefficient (Wildman–Crippen LogP) is 3.39. The molecule has 130 valence electrons. The molecule has 0 saturated heterocycles. The monoisotopic (exact) mass is 350 g/mol. The van der Waals surface area contributed by atoms with E-state index in [1.165, 1.54) is 18.4 Å². The first-order chi connectivity index (χ1) is 11.5. The minimum Gasteiger partial charge on any atom is -0.459 e. The first-order valence-electron chi connectivity index (χ1n) is 7.97. The van der Waals surface area contributed by atoms with Crippen LogP contribution in [-0.4, -0.2) is 20.9 Å². The Morgan fingerprint density at radius 3 is 2.46 bits per heavy atom. The van der Waals surface area contributed by atoms with E-state index in [0.717, 1.165) is 25.7 Å². The van der Waals surface area contributed by atoms with Gasteiger partial charge in [-0.15, -0.1) is 0 Å². The molecule has 1 aromatic heterocycles. The highest BCUT2D eigenvalue weighted by atomic mass is 32.2. The Balaban J connectivity index is 1.91. The molecule has 0 bridgehead atoms. The van der Waals surface area contributed by atoms with Gasteiger partial charge in [0.05, 0.1) is 11.2 Å². The first kappa shape index (κ1) is 18.2. The number of amides is 1. The van der Waals surface area contributed by atoms with Gasteiger partial charge >= 0.3 is 0 Å². The van der Waals surface area contributed by atoms with E-state index in [0.29, 0.717) is 12.2 Å². The number of nitrogens with one attached hydrogen (secondary N) is 2. The second-order valence-electron chi connectivity index (χ2n) is 5.41. The van der Waals surface area contributed by atoms with Gasteiger partial charge < -0.3 is 9.73 Å². The van der Waals surface area contributed by atoms with E-state index >= 15 is 0 Å². The van der Waals surface area contributed by atoms with Gasteiger partial charge in [-0.05, 0) is 42.8 Å². The van der Waals surface area contributed by atoms with E-state index in [2.05, 4.69) is 17.0 Å². The maximum atomic E-state index is 12.2. The number of hydrogen-bond donors (Lipinski definition) is 2. The quantitative estimate of drug-likeness (QED) is 0.679. The molecule has 1 amide bonds. The molecule has 2 N–H and O–H groups in total. The van der Waals surface area contributed by atoms with Crippen molar-refractivity contribution < 1.29 is 17.6 Å². The topological polar surface area (TPSA) is 88.4 Å². The van der Waals surface area contributed by atoms with Crippen molar-refractivity contribution in [2.24, 2.45) is 0 Å². The average Bonchev–Trinajstić information content (AvgIpc) is 3.10. The molecule has 1 aromatic carbocycles. The van der Waals surface area contributed by atoms with Crippen LogP contribution < -0.4 is 10.0 Å². The number of benzene rings is 1. The summed E-state index contributed by atoms with van der Waals surface area (Å²) in [4.78, 5) is 12.0. The normalized spacial score (nSPS) is 11.4. The summed E-state index contributed by atoms with van der Waals surface area (Å²) in [5.74, 6) is -0.190. The Hall–Kier alpha value is -2.12. The zero-order valence-corrected chi connectivity index (χ0v) is 14.4. The third-order valence-electron chi connectivity index (χ3n) is 3.49. The van der Waals surface area contributed by atoms with Crippen LogP contribution in [0, 0.1) is 0 Å². The van der Waals surface area contributed by atoms with Crippen LogP contribution >= 0.6 is 0 Å². The Morgan fingerprint density at radius 1 is 1.08 bits per heavy atom. The molecule has 0 radical (unpaired) electrons. The number of rotatable bonds is 9. The molecule has 2 aromatic rings. The SMILES string of the molecule is CCCCCCNS(=O)(=O)c1ccc(NC(=O)c2ccco2)cc1. The minimum absolute atomic E-state index is 0.175. The van der Waals surface area contributed by atoms with Crippen molar-refractivity contribution in [3.63, 3.8) is 0 Å². The number of sulfonamides is 1. The molecule has 0 atom stereocenters. The van der Waals surface area contributed by atoms with Crippen molar-refractivity contribution in [2.75, 3.05) is 11.9 Å². The van der Waals surface area contributed by atoms with E-state index < -0.39 is 10.0 Å². The van der Waals surface area contributed by atoms with Crippen molar-refractivity contribution in [3.8, 4) is 0 Å². The van der Waals surface area contributed by atoms with E-state index in [-0.39, 0.29) is 16.6 Å². The first-order valence-corrected chi connectivity index (χ1v) is 9.46. The molecule has 0 aliphatic heterocycles. The zero-order valence-electron chi connectivity index (χ0n) is 13.6. The van der Waals surface area contributed by atoms with Crippen LogP contribution in [0.15, 0.2) is 52.0 Å². The molecule has 0 aliphatic carbocycles. The lowest BCUT2D eigenvalue weighted by Crippen LogP contribution is -2.24. The molecule has 6 nitrogen and oxygen atoms in total. The van der Waals surface area contributed by atoms with Gasteiger partial charge in [-0.3, -0.25) is 4.79 Å². The molecule has 0 unspecified atom stereocenters. The van der Waals surface area contributed by atoms with Crippen LogP contribution in [0.25, 0.3) is 0 Å². The third-order valence-corrected chi connectivity index (χ3v) is 4.97. The second kappa shape index (κ2) is 8.65. The molecule has 0 spiro atoms. The van der Waals surface area contributed by atoms with E-state index in [1.807, 2.05) is 0 Å². The summed E-state index contributed by atoms with van der Waals surface area (Å²) >= 11 is 0. The van der Waals surface area contributed by atoms with Crippen molar-refractivity contribution in [2.45, 2.75) is 37.5 Å². The van der Waals surface area contributed by atoms with Gasteiger partial charge in [-0.1, -0.05) is 26.2 Å². The van der Waals surface area contributed by atoms with Crippen LogP contribution in [0.3, 0.4) is 0 Å². The van der Waals surface area contributed by atoms with E-state index in [9.17, 15) is 13.2 Å². The lowest BCUT2D eigenvalue weighted by atomic mass is 10.2. The molecular formula is C17H22N2O4S. The van der Waals surface area contributed by atoms with Gasteiger partial charge in [0.25, 0.3) is 5.91 Å². The van der Waals surface area contributed by atoms with E-state index in [1.54, 1.807) is 24.3 Å². The number of anilines is 1. The number of furan rings is 1. The molecule has 0 saturated carbocycles. The zero-order chi connectivity index (χ0) is 17.4. The molecule has 2 rings (SSSR count). The fourth-order valence-corrected chi connectivity index (χ4v) is 3.23. The highest BCUT2D eigenvalue weighted by Gasteiger charge is 2.14. The lowest BCUT2D eigenvalue weighted by molar-refractivity contribution is 0.0996. The van der Waals surface area contributed by atoms with Gasteiger partial charge in [-0.2, -0.15) is 0 Å². The van der Waals surface area contributed by atoms with E-state index in [4.69, 9.17) is 4.42 Å². The summed E-state index contributed by atoms with van der Waals surface area (Å²) in [5, 5.41) is 2.64. The number of hydrogen-bond acceptors (Lipinski definition) is 4. The van der Waals surface area contributed by atoms with Crippen molar-refractivity contribution >= 4 is 21.6 Å². The summed E-state index contributed by atoms with van der Waals surface area (Å²) in [5.41, 5.74) is 0.498. The van der Waals surface area contributed by atoms with Crippen molar-refractivity contribution in [1.82, 2.24) is 4.72 Å².